The summed E-state index contributed by atoms with van der Waals surface area (Å²) in [6.45, 7) is 3.89. The Bertz CT molecular complexity index is 4610. The third kappa shape index (κ3) is 13.1. The lowest BCUT2D eigenvalue weighted by Crippen LogP contribution is -2.31. The van der Waals surface area contributed by atoms with Gasteiger partial charge < -0.3 is 45.4 Å². The van der Waals surface area contributed by atoms with Crippen LogP contribution in [0.25, 0.3) is 89.4 Å². The molecule has 19 heteroatoms. The van der Waals surface area contributed by atoms with Crippen LogP contribution in [0.5, 0.6) is 6.01 Å². The maximum Gasteiger partial charge on any atom is 0.294 e. The van der Waals surface area contributed by atoms with Crippen molar-refractivity contribution < 1.29 is 19.1 Å². The molecule has 0 saturated heterocycles. The lowest BCUT2D eigenvalue weighted by molar-refractivity contribution is 0.0943. The lowest BCUT2D eigenvalue weighted by Gasteiger charge is -2.10. The molecule has 0 fully saturated rings. The van der Waals surface area contributed by atoms with Gasteiger partial charge in [-0.25, -0.2) is 9.97 Å². The summed E-state index contributed by atoms with van der Waals surface area (Å²) >= 11 is 0. The van der Waals surface area contributed by atoms with E-state index in [4.69, 9.17) is 19.7 Å². The van der Waals surface area contributed by atoms with Gasteiger partial charge in [0, 0.05) is 78.2 Å². The van der Waals surface area contributed by atoms with E-state index in [-0.39, 0.29) is 17.7 Å². The third-order valence-corrected chi connectivity index (χ3v) is 15.8. The Hall–Kier alpha value is -10.9. The summed E-state index contributed by atoms with van der Waals surface area (Å²) in [6, 6.07) is 55.3. The Kier molecular flexibility index (Phi) is 16.2. The van der Waals surface area contributed by atoms with Crippen molar-refractivity contribution in [3.8, 4) is 62.3 Å². The van der Waals surface area contributed by atoms with E-state index in [9.17, 15) is 14.4 Å². The fourth-order valence-corrected chi connectivity index (χ4v) is 10.9. The molecule has 0 bridgehead atoms. The van der Waals surface area contributed by atoms with Crippen molar-refractivity contribution in [2.45, 2.75) is 25.8 Å². The van der Waals surface area contributed by atoms with Crippen LogP contribution in [0.15, 0.2) is 181 Å². The molecular weight excluding hydrogens is 1110 g/mol. The molecule has 19 nitrogen and oxygen atoms in total. The van der Waals surface area contributed by atoms with Crippen molar-refractivity contribution in [3.63, 3.8) is 0 Å². The predicted octanol–water partition coefficient (Wildman–Crippen LogP) is 11.6. The topological polar surface area (TPSA) is 232 Å². The SMILES string of the molecule is CN(C)CCCOc1nc2cc(-c3ccc4[nH]c(-c5ccc(C(=O)NCCCn6cc(-c7cccc(NC(=O)c8ccc(-c9nc%10cc(-c%11ccc%12c(c%11)N=C(c%11ccc(C(=O)NCCN(C)C)cc%11)C%12)ccc%10[nH]9)cc8)c7)nn6)cc5)nc4c3)ccc2[nH]1. The number of H-pyrrole nitrogens is 3. The number of benzene rings is 8. The zero-order chi connectivity index (χ0) is 61.0. The first-order valence-electron chi connectivity index (χ1n) is 29.7. The van der Waals surface area contributed by atoms with Gasteiger partial charge in [-0.3, -0.25) is 24.1 Å². The molecule has 5 heterocycles. The molecule has 3 amide bonds. The zero-order valence-electron chi connectivity index (χ0n) is 49.8. The van der Waals surface area contributed by atoms with Gasteiger partial charge in [-0.1, -0.05) is 84.1 Å². The molecule has 6 N–H and O–H groups in total. The van der Waals surface area contributed by atoms with Gasteiger partial charge in [-0.15, -0.1) is 5.10 Å². The highest BCUT2D eigenvalue weighted by Gasteiger charge is 2.20. The first-order chi connectivity index (χ1) is 43.4. The maximum absolute atomic E-state index is 13.5. The van der Waals surface area contributed by atoms with E-state index in [0.29, 0.717) is 78.4 Å². The summed E-state index contributed by atoms with van der Waals surface area (Å²) in [5.41, 5.74) is 18.9. The Morgan fingerprint density at radius 2 is 1.07 bits per heavy atom. The number of likely N-dealkylation sites (N-methyl/N-ethyl adjacent to an activating group) is 1. The molecule has 0 saturated carbocycles. The number of carbonyl (C=O) groups excluding carboxylic acids is 3. The number of rotatable bonds is 22. The molecule has 4 aromatic heterocycles. The molecule has 89 heavy (non-hydrogen) atoms. The Morgan fingerprint density at radius 1 is 0.528 bits per heavy atom. The number of amides is 3. The number of hydrogen-bond acceptors (Lipinski definition) is 12. The number of hydrogen-bond donors (Lipinski definition) is 6. The molecule has 0 radical (unpaired) electrons. The van der Waals surface area contributed by atoms with Crippen molar-refractivity contribution in [2.24, 2.45) is 4.99 Å². The first-order valence-corrected chi connectivity index (χ1v) is 29.7. The minimum Gasteiger partial charge on any atom is -0.465 e. The molecular formula is C70H65N15O4. The van der Waals surface area contributed by atoms with Crippen LogP contribution < -0.4 is 20.7 Å². The normalized spacial score (nSPS) is 12.1. The standard InChI is InChI=1S/C70H65N15O4/c1-83(2)32-7-35-89-70-79-58-29-26-52(40-63(58)80-70)51-25-28-57-62(39-51)78-65(75-57)44-12-18-47(19-13-44)67(86)71-30-6-33-85-42-64(81-82-85)53-8-5-9-55(36-53)73-69(88)48-20-14-45(15-21-48)66-76-56-27-24-50(38-61(56)77-66)49-22-23-54-41-59(74-60(54)37-49)43-10-16-46(17-11-43)68(87)72-31-34-84(3)4/h5,8-29,36-40,42H,6-7,30-35,41H2,1-4H3,(H,71,86)(H,72,87)(H,73,88)(H,75,78)(H,76,77)(H,79,80). The highest BCUT2D eigenvalue weighted by Crippen LogP contribution is 2.36. The van der Waals surface area contributed by atoms with Crippen molar-refractivity contribution >= 4 is 67.9 Å². The number of nitrogens with zero attached hydrogens (tertiary/aromatic N) is 9. The summed E-state index contributed by atoms with van der Waals surface area (Å²) in [5, 5.41) is 17.8. The summed E-state index contributed by atoms with van der Waals surface area (Å²) in [6.07, 6.45) is 4.13. The average molecular weight is 1180 g/mol. The minimum atomic E-state index is -0.252. The van der Waals surface area contributed by atoms with Gasteiger partial charge in [0.15, 0.2) is 0 Å². The average Bonchev–Trinajstić information content (AvgIpc) is 1.92. The number of aromatic nitrogens is 9. The number of nitrogens with one attached hydrogen (secondary N) is 6. The molecule has 0 aliphatic carbocycles. The summed E-state index contributed by atoms with van der Waals surface area (Å²) < 4.78 is 7.61. The minimum absolute atomic E-state index is 0.0826. The number of fused-ring (bicyclic) bond motifs is 4. The van der Waals surface area contributed by atoms with Gasteiger partial charge >= 0.3 is 0 Å². The van der Waals surface area contributed by atoms with Gasteiger partial charge in [0.05, 0.1) is 57.3 Å². The van der Waals surface area contributed by atoms with Crippen LogP contribution in [0.2, 0.25) is 0 Å². The number of aromatic amines is 3. The first kappa shape index (κ1) is 57.2. The van der Waals surface area contributed by atoms with E-state index in [0.717, 1.165) is 121 Å². The van der Waals surface area contributed by atoms with Gasteiger partial charge in [-0.2, -0.15) is 4.98 Å². The van der Waals surface area contributed by atoms with E-state index < -0.39 is 0 Å². The Labute approximate surface area is 513 Å². The molecule has 13 rings (SSSR count). The highest BCUT2D eigenvalue weighted by atomic mass is 16.5. The zero-order valence-corrected chi connectivity index (χ0v) is 49.8. The van der Waals surface area contributed by atoms with Crippen molar-refractivity contribution in [1.29, 1.82) is 0 Å². The van der Waals surface area contributed by atoms with Crippen LogP contribution in [0, 0.1) is 0 Å². The monoisotopic (exact) mass is 1180 g/mol. The second kappa shape index (κ2) is 25.2. The van der Waals surface area contributed by atoms with Crippen molar-refractivity contribution in [1.82, 2.24) is 65.3 Å². The molecule has 8 aromatic carbocycles. The summed E-state index contributed by atoms with van der Waals surface area (Å²) in [4.78, 5) is 73.1. The fraction of sp³-hybridized carbons (Fsp3) is 0.186. The van der Waals surface area contributed by atoms with Crippen molar-refractivity contribution in [2.75, 3.05) is 66.3 Å². The molecule has 0 unspecified atom stereocenters. The van der Waals surface area contributed by atoms with Gasteiger partial charge in [-0.05, 0) is 165 Å². The maximum atomic E-state index is 13.5. The van der Waals surface area contributed by atoms with Crippen LogP contribution >= 0.6 is 0 Å². The Morgan fingerprint density at radius 3 is 1.69 bits per heavy atom. The molecule has 12 aromatic rings. The largest absolute Gasteiger partial charge is 0.465 e. The Balaban J connectivity index is 0.569. The highest BCUT2D eigenvalue weighted by molar-refractivity contribution is 6.08. The number of anilines is 1. The second-order valence-electron chi connectivity index (χ2n) is 22.8. The number of imidazole rings is 3. The number of ether oxygens (including phenoxy) is 1. The van der Waals surface area contributed by atoms with E-state index in [1.165, 1.54) is 0 Å². The smallest absolute Gasteiger partial charge is 0.294 e. The number of carbonyl (C=O) groups is 3. The number of aliphatic imine (C=N–C) groups is 1. The van der Waals surface area contributed by atoms with Crippen LogP contribution in [-0.2, 0) is 13.0 Å². The van der Waals surface area contributed by atoms with Crippen molar-refractivity contribution in [3.05, 3.63) is 204 Å². The third-order valence-electron chi connectivity index (χ3n) is 15.8. The quantitative estimate of drug-likeness (QED) is 0.0349. The van der Waals surface area contributed by atoms with Crippen LogP contribution in [0.1, 0.15) is 55.0 Å². The van der Waals surface area contributed by atoms with E-state index in [1.807, 2.05) is 130 Å². The van der Waals surface area contributed by atoms with Crippen LogP contribution in [0.3, 0.4) is 0 Å². The van der Waals surface area contributed by atoms with E-state index in [2.05, 4.69) is 106 Å². The predicted molar refractivity (Wildman–Crippen MR) is 350 cm³/mol. The molecule has 0 atom stereocenters. The fourth-order valence-electron chi connectivity index (χ4n) is 10.9. The molecule has 1 aliphatic rings. The molecule has 0 spiro atoms. The van der Waals surface area contributed by atoms with Gasteiger partial charge in [0.1, 0.15) is 17.3 Å². The van der Waals surface area contributed by atoms with Crippen LogP contribution in [-0.4, -0.2) is 139 Å². The molecule has 1 aliphatic heterocycles. The second-order valence-corrected chi connectivity index (χ2v) is 22.8. The van der Waals surface area contributed by atoms with Crippen LogP contribution in [0.4, 0.5) is 11.4 Å². The summed E-state index contributed by atoms with van der Waals surface area (Å²) in [5.74, 6) is 0.904. The summed E-state index contributed by atoms with van der Waals surface area (Å²) in [7, 11) is 8.05. The van der Waals surface area contributed by atoms with Gasteiger partial charge in [0.25, 0.3) is 23.7 Å². The van der Waals surface area contributed by atoms with Gasteiger partial charge in [0.2, 0.25) is 0 Å². The van der Waals surface area contributed by atoms with E-state index in [1.54, 1.807) is 28.9 Å². The molecule has 444 valence electrons. The number of aryl methyl sites for hydroxylation is 1. The van der Waals surface area contributed by atoms with E-state index >= 15 is 0 Å². The lowest BCUT2D eigenvalue weighted by atomic mass is 9.99.